The SMILES string of the molecule is NC(CCCc1ccccc1)Cc1nc2ccccc2s1. The second kappa shape index (κ2) is 6.83. The van der Waals surface area contributed by atoms with Crippen molar-refractivity contribution in [3.05, 3.63) is 65.2 Å². The van der Waals surface area contributed by atoms with Crippen molar-refractivity contribution >= 4 is 21.6 Å². The van der Waals surface area contributed by atoms with Gasteiger partial charge in [-0.05, 0) is 37.0 Å². The zero-order chi connectivity index (χ0) is 14.5. The van der Waals surface area contributed by atoms with Gasteiger partial charge in [-0.3, -0.25) is 0 Å². The summed E-state index contributed by atoms with van der Waals surface area (Å²) in [6.07, 6.45) is 4.17. The molecule has 3 heteroatoms. The molecule has 1 heterocycles. The third-order valence-electron chi connectivity index (χ3n) is 3.66. The number of fused-ring (bicyclic) bond motifs is 1. The summed E-state index contributed by atoms with van der Waals surface area (Å²) in [5.41, 5.74) is 8.74. The Morgan fingerprint density at radius 2 is 1.76 bits per heavy atom. The Balaban J connectivity index is 1.50. The molecule has 2 aromatic carbocycles. The molecule has 2 N–H and O–H groups in total. The number of nitrogens with two attached hydrogens (primary N) is 1. The maximum absolute atomic E-state index is 6.26. The highest BCUT2D eigenvalue weighted by Crippen LogP contribution is 2.22. The minimum absolute atomic E-state index is 0.203. The van der Waals surface area contributed by atoms with Gasteiger partial charge in [0.25, 0.3) is 0 Å². The van der Waals surface area contributed by atoms with Crippen molar-refractivity contribution < 1.29 is 0 Å². The largest absolute Gasteiger partial charge is 0.327 e. The van der Waals surface area contributed by atoms with E-state index in [1.165, 1.54) is 10.3 Å². The van der Waals surface area contributed by atoms with E-state index >= 15 is 0 Å². The van der Waals surface area contributed by atoms with Crippen LogP contribution in [0.25, 0.3) is 10.2 Å². The summed E-state index contributed by atoms with van der Waals surface area (Å²) >= 11 is 1.76. The van der Waals surface area contributed by atoms with Crippen molar-refractivity contribution in [1.82, 2.24) is 4.98 Å². The van der Waals surface area contributed by atoms with Gasteiger partial charge in [0.1, 0.15) is 0 Å². The smallest absolute Gasteiger partial charge is 0.0954 e. The molecule has 1 unspecified atom stereocenters. The Hall–Kier alpha value is -1.71. The fourth-order valence-corrected chi connectivity index (χ4v) is 3.61. The lowest BCUT2D eigenvalue weighted by Gasteiger charge is -2.09. The van der Waals surface area contributed by atoms with Gasteiger partial charge in [-0.15, -0.1) is 11.3 Å². The number of aromatic nitrogens is 1. The molecule has 0 radical (unpaired) electrons. The predicted molar refractivity (Wildman–Crippen MR) is 90.7 cm³/mol. The topological polar surface area (TPSA) is 38.9 Å². The van der Waals surface area contributed by atoms with E-state index in [1.54, 1.807) is 11.3 Å². The van der Waals surface area contributed by atoms with Gasteiger partial charge in [0.05, 0.1) is 15.2 Å². The number of benzene rings is 2. The molecule has 2 nitrogen and oxygen atoms in total. The molecule has 0 aliphatic rings. The lowest BCUT2D eigenvalue weighted by Crippen LogP contribution is -2.22. The van der Waals surface area contributed by atoms with E-state index in [1.807, 2.05) is 6.07 Å². The van der Waals surface area contributed by atoms with Crippen molar-refractivity contribution in [2.24, 2.45) is 5.73 Å². The quantitative estimate of drug-likeness (QED) is 0.741. The second-order valence-corrected chi connectivity index (χ2v) is 6.53. The van der Waals surface area contributed by atoms with Crippen molar-refractivity contribution in [3.8, 4) is 0 Å². The highest BCUT2D eigenvalue weighted by molar-refractivity contribution is 7.18. The number of hydrogen-bond acceptors (Lipinski definition) is 3. The Labute approximate surface area is 129 Å². The number of para-hydroxylation sites is 1. The summed E-state index contributed by atoms with van der Waals surface area (Å²) in [5, 5.41) is 1.16. The molecular weight excluding hydrogens is 276 g/mol. The summed E-state index contributed by atoms with van der Waals surface area (Å²) in [4.78, 5) is 4.66. The molecule has 0 bridgehead atoms. The van der Waals surface area contributed by atoms with E-state index in [2.05, 4.69) is 53.5 Å². The van der Waals surface area contributed by atoms with Crippen LogP contribution in [0.1, 0.15) is 23.4 Å². The monoisotopic (exact) mass is 296 g/mol. The van der Waals surface area contributed by atoms with Crippen LogP contribution in [0.2, 0.25) is 0 Å². The van der Waals surface area contributed by atoms with Gasteiger partial charge < -0.3 is 5.73 Å². The van der Waals surface area contributed by atoms with E-state index in [0.717, 1.165) is 36.2 Å². The average Bonchev–Trinajstić information content (AvgIpc) is 2.90. The first-order chi connectivity index (χ1) is 10.3. The molecule has 0 aliphatic heterocycles. The van der Waals surface area contributed by atoms with Gasteiger partial charge in [-0.1, -0.05) is 42.5 Å². The van der Waals surface area contributed by atoms with E-state index < -0.39 is 0 Å². The van der Waals surface area contributed by atoms with E-state index in [-0.39, 0.29) is 6.04 Å². The number of hydrogen-bond donors (Lipinski definition) is 1. The zero-order valence-corrected chi connectivity index (χ0v) is 12.9. The second-order valence-electron chi connectivity index (χ2n) is 5.42. The summed E-state index contributed by atoms with van der Waals surface area (Å²) < 4.78 is 1.25. The Morgan fingerprint density at radius 3 is 2.57 bits per heavy atom. The maximum Gasteiger partial charge on any atom is 0.0954 e. The van der Waals surface area contributed by atoms with Crippen LogP contribution in [0.4, 0.5) is 0 Å². The molecule has 3 rings (SSSR count). The first kappa shape index (κ1) is 14.2. The summed E-state index contributed by atoms with van der Waals surface area (Å²) in [6, 6.07) is 19.1. The molecular formula is C18H20N2S. The van der Waals surface area contributed by atoms with Gasteiger partial charge in [-0.2, -0.15) is 0 Å². The van der Waals surface area contributed by atoms with Crippen molar-refractivity contribution in [3.63, 3.8) is 0 Å². The van der Waals surface area contributed by atoms with E-state index in [0.29, 0.717) is 0 Å². The van der Waals surface area contributed by atoms with Gasteiger partial charge in [0.2, 0.25) is 0 Å². The lowest BCUT2D eigenvalue weighted by atomic mass is 10.0. The normalized spacial score (nSPS) is 12.6. The maximum atomic E-state index is 6.26. The molecule has 0 spiro atoms. The predicted octanol–water partition coefficient (Wildman–Crippen LogP) is 4.19. The Kier molecular flexibility index (Phi) is 4.63. The molecule has 0 fully saturated rings. The fourth-order valence-electron chi connectivity index (χ4n) is 2.55. The number of nitrogens with zero attached hydrogens (tertiary/aromatic N) is 1. The third-order valence-corrected chi connectivity index (χ3v) is 4.72. The van der Waals surface area contributed by atoms with Crippen molar-refractivity contribution in [2.75, 3.05) is 0 Å². The Bertz CT molecular complexity index is 658. The van der Waals surface area contributed by atoms with Crippen LogP contribution in [0.15, 0.2) is 54.6 Å². The van der Waals surface area contributed by atoms with Gasteiger partial charge >= 0.3 is 0 Å². The van der Waals surface area contributed by atoms with Crippen molar-refractivity contribution in [1.29, 1.82) is 0 Å². The molecule has 1 aromatic heterocycles. The number of thiazole rings is 1. The van der Waals surface area contributed by atoms with Crippen LogP contribution >= 0.6 is 11.3 Å². The first-order valence-electron chi connectivity index (χ1n) is 7.45. The van der Waals surface area contributed by atoms with Crippen LogP contribution < -0.4 is 5.73 Å². The average molecular weight is 296 g/mol. The summed E-state index contributed by atoms with van der Waals surface area (Å²) in [5.74, 6) is 0. The number of aryl methyl sites for hydroxylation is 1. The third kappa shape index (κ3) is 3.90. The summed E-state index contributed by atoms with van der Waals surface area (Å²) in [6.45, 7) is 0. The molecule has 21 heavy (non-hydrogen) atoms. The van der Waals surface area contributed by atoms with Gasteiger partial charge in [0.15, 0.2) is 0 Å². The Morgan fingerprint density at radius 1 is 1.00 bits per heavy atom. The highest BCUT2D eigenvalue weighted by Gasteiger charge is 2.09. The van der Waals surface area contributed by atoms with Crippen LogP contribution in [0.5, 0.6) is 0 Å². The molecule has 0 saturated heterocycles. The van der Waals surface area contributed by atoms with Crippen LogP contribution in [0, 0.1) is 0 Å². The number of rotatable bonds is 6. The molecule has 1 atom stereocenters. The first-order valence-corrected chi connectivity index (χ1v) is 8.27. The minimum Gasteiger partial charge on any atom is -0.327 e. The van der Waals surface area contributed by atoms with Gasteiger partial charge in [0, 0.05) is 12.5 Å². The molecule has 0 saturated carbocycles. The van der Waals surface area contributed by atoms with E-state index in [9.17, 15) is 0 Å². The standard InChI is InChI=1S/C18H20N2S/c19-15(10-6-9-14-7-2-1-3-8-14)13-18-20-16-11-4-5-12-17(16)21-18/h1-5,7-8,11-12,15H,6,9-10,13,19H2. The summed E-state index contributed by atoms with van der Waals surface area (Å²) in [7, 11) is 0. The lowest BCUT2D eigenvalue weighted by molar-refractivity contribution is 0.579. The molecule has 0 amide bonds. The van der Waals surface area contributed by atoms with E-state index in [4.69, 9.17) is 5.73 Å². The van der Waals surface area contributed by atoms with Gasteiger partial charge in [-0.25, -0.2) is 4.98 Å². The van der Waals surface area contributed by atoms with Crippen molar-refractivity contribution in [2.45, 2.75) is 31.7 Å². The zero-order valence-electron chi connectivity index (χ0n) is 12.0. The van der Waals surface area contributed by atoms with Crippen LogP contribution in [-0.4, -0.2) is 11.0 Å². The molecule has 0 aliphatic carbocycles. The fraction of sp³-hybridized carbons (Fsp3) is 0.278. The van der Waals surface area contributed by atoms with Crippen LogP contribution in [0.3, 0.4) is 0 Å². The molecule has 3 aromatic rings. The molecule has 108 valence electrons. The highest BCUT2D eigenvalue weighted by atomic mass is 32.1. The minimum atomic E-state index is 0.203. The van der Waals surface area contributed by atoms with Crippen LogP contribution in [-0.2, 0) is 12.8 Å².